The summed E-state index contributed by atoms with van der Waals surface area (Å²) in [6, 6.07) is 6.41. The van der Waals surface area contributed by atoms with E-state index in [1.807, 2.05) is 0 Å². The number of anilines is 1. The minimum atomic E-state index is -4.58. The van der Waals surface area contributed by atoms with Gasteiger partial charge in [0.25, 0.3) is 5.91 Å². The lowest BCUT2D eigenvalue weighted by Gasteiger charge is -2.08. The van der Waals surface area contributed by atoms with E-state index in [1.54, 1.807) is 31.2 Å². The molecular weight excluding hydrogens is 345 g/mol. The minimum absolute atomic E-state index is 0.309. The Kier molecular flexibility index (Phi) is 5.23. The molecule has 1 heterocycles. The molecule has 1 atom stereocenters. The number of carbonyl (C=O) groups is 2. The molecule has 0 radical (unpaired) electrons. The van der Waals surface area contributed by atoms with Crippen LogP contribution in [-0.4, -0.2) is 22.0 Å². The molecule has 0 saturated carbocycles. The van der Waals surface area contributed by atoms with Crippen molar-refractivity contribution in [2.45, 2.75) is 19.5 Å². The van der Waals surface area contributed by atoms with Crippen molar-refractivity contribution in [2.75, 3.05) is 5.32 Å². The van der Waals surface area contributed by atoms with Gasteiger partial charge < -0.3 is 10.4 Å². The highest BCUT2D eigenvalue weighted by Crippen LogP contribution is 2.31. The van der Waals surface area contributed by atoms with Gasteiger partial charge >= 0.3 is 12.1 Å². The molecule has 128 valence electrons. The van der Waals surface area contributed by atoms with Gasteiger partial charge in [-0.05, 0) is 24.1 Å². The lowest BCUT2D eigenvalue weighted by Crippen LogP contribution is -2.14. The fourth-order valence-corrected chi connectivity index (χ4v) is 2.54. The van der Waals surface area contributed by atoms with E-state index < -0.39 is 29.0 Å². The van der Waals surface area contributed by atoms with Gasteiger partial charge in [-0.2, -0.15) is 13.2 Å². The van der Waals surface area contributed by atoms with Crippen LogP contribution in [0.1, 0.15) is 28.0 Å². The van der Waals surface area contributed by atoms with Gasteiger partial charge in [-0.25, -0.2) is 4.98 Å². The normalized spacial score (nSPS) is 12.7. The summed E-state index contributed by atoms with van der Waals surface area (Å²) in [5, 5.41) is 11.3. The summed E-state index contributed by atoms with van der Waals surface area (Å²) in [6.45, 7) is 1.58. The quantitative estimate of drug-likeness (QED) is 0.855. The summed E-state index contributed by atoms with van der Waals surface area (Å²) in [7, 11) is 0. The van der Waals surface area contributed by atoms with Crippen LogP contribution in [0.5, 0.6) is 0 Å². The summed E-state index contributed by atoms with van der Waals surface area (Å²) >= 11 is 0.355. The second-order valence-electron chi connectivity index (χ2n) is 5.13. The van der Waals surface area contributed by atoms with Crippen LogP contribution in [0.25, 0.3) is 0 Å². The smallest absolute Gasteiger partial charge is 0.443 e. The van der Waals surface area contributed by atoms with Crippen molar-refractivity contribution in [1.82, 2.24) is 4.98 Å². The van der Waals surface area contributed by atoms with Crippen LogP contribution in [0, 0.1) is 5.92 Å². The van der Waals surface area contributed by atoms with E-state index in [1.165, 1.54) is 0 Å². The third-order valence-corrected chi connectivity index (χ3v) is 4.04. The number of rotatable bonds is 5. The Morgan fingerprint density at radius 3 is 2.42 bits per heavy atom. The maximum absolute atomic E-state index is 12.5. The predicted octanol–water partition coefficient (Wildman–Crippen LogP) is 3.68. The van der Waals surface area contributed by atoms with Gasteiger partial charge in [-0.15, -0.1) is 11.3 Å². The zero-order chi connectivity index (χ0) is 17.9. The molecule has 0 aliphatic carbocycles. The molecule has 1 unspecified atom stereocenters. The molecule has 2 N–H and O–H groups in total. The molecule has 5 nitrogen and oxygen atoms in total. The van der Waals surface area contributed by atoms with Gasteiger partial charge in [0.2, 0.25) is 0 Å². The lowest BCUT2D eigenvalue weighted by atomic mass is 10.0. The fourth-order valence-electron chi connectivity index (χ4n) is 1.87. The Morgan fingerprint density at radius 1 is 1.29 bits per heavy atom. The standard InChI is InChI=1S/C15H13F3N2O3S/c1-8(13(22)23)6-9-2-4-10(5-3-9)19-12(21)11-7-24-14(20-11)15(16,17)18/h2-5,7-8H,6H2,1H3,(H,19,21)(H,22,23). The first kappa shape index (κ1) is 17.9. The number of nitrogens with one attached hydrogen (secondary N) is 1. The summed E-state index contributed by atoms with van der Waals surface area (Å²) < 4.78 is 37.4. The summed E-state index contributed by atoms with van der Waals surface area (Å²) in [5.74, 6) is -2.19. The number of hydrogen-bond acceptors (Lipinski definition) is 4. The number of hydrogen-bond donors (Lipinski definition) is 2. The average Bonchev–Trinajstić information content (AvgIpc) is 2.99. The molecule has 2 aromatic rings. The number of carboxylic acids is 1. The van der Waals surface area contributed by atoms with Crippen molar-refractivity contribution in [2.24, 2.45) is 5.92 Å². The largest absolute Gasteiger partial charge is 0.481 e. The number of carboxylic acid groups (broad SMARTS) is 1. The van der Waals surface area contributed by atoms with Gasteiger partial charge in [-0.1, -0.05) is 19.1 Å². The van der Waals surface area contributed by atoms with E-state index in [0.717, 1.165) is 10.9 Å². The van der Waals surface area contributed by atoms with E-state index >= 15 is 0 Å². The molecule has 2 rings (SSSR count). The highest BCUT2D eigenvalue weighted by molar-refractivity contribution is 7.10. The van der Waals surface area contributed by atoms with Crippen molar-refractivity contribution in [3.63, 3.8) is 0 Å². The Labute approximate surface area is 139 Å². The van der Waals surface area contributed by atoms with Crippen LogP contribution in [-0.2, 0) is 17.4 Å². The number of alkyl halides is 3. The SMILES string of the molecule is CC(Cc1ccc(NC(=O)c2csc(C(F)(F)F)n2)cc1)C(=O)O. The number of aromatic nitrogens is 1. The number of thiazole rings is 1. The third kappa shape index (κ3) is 4.54. The van der Waals surface area contributed by atoms with Crippen molar-refractivity contribution in [1.29, 1.82) is 0 Å². The third-order valence-electron chi connectivity index (χ3n) is 3.15. The second kappa shape index (κ2) is 7.00. The number of carbonyl (C=O) groups excluding carboxylic acids is 1. The Hall–Kier alpha value is -2.42. The molecular formula is C15H13F3N2O3S. The Bertz CT molecular complexity index is 741. The van der Waals surface area contributed by atoms with Crippen molar-refractivity contribution in [3.8, 4) is 0 Å². The number of nitrogens with zero attached hydrogens (tertiary/aromatic N) is 1. The zero-order valence-corrected chi connectivity index (χ0v) is 13.2. The molecule has 24 heavy (non-hydrogen) atoms. The monoisotopic (exact) mass is 358 g/mol. The summed E-state index contributed by atoms with van der Waals surface area (Å²) in [6.07, 6.45) is -4.24. The van der Waals surface area contributed by atoms with Crippen LogP contribution in [0.15, 0.2) is 29.6 Å². The fraction of sp³-hybridized carbons (Fsp3) is 0.267. The molecule has 9 heteroatoms. The summed E-state index contributed by atoms with van der Waals surface area (Å²) in [5.41, 5.74) is 0.847. The van der Waals surface area contributed by atoms with Gasteiger partial charge in [-0.3, -0.25) is 9.59 Å². The van der Waals surface area contributed by atoms with E-state index in [-0.39, 0.29) is 5.69 Å². The average molecular weight is 358 g/mol. The highest BCUT2D eigenvalue weighted by Gasteiger charge is 2.35. The van der Waals surface area contributed by atoms with Crippen molar-refractivity contribution in [3.05, 3.63) is 45.9 Å². The molecule has 1 aromatic heterocycles. The van der Waals surface area contributed by atoms with Crippen LogP contribution >= 0.6 is 11.3 Å². The Balaban J connectivity index is 2.02. The van der Waals surface area contributed by atoms with Gasteiger partial charge in [0, 0.05) is 11.1 Å². The molecule has 0 fully saturated rings. The minimum Gasteiger partial charge on any atom is -0.481 e. The van der Waals surface area contributed by atoms with Gasteiger partial charge in [0.1, 0.15) is 5.69 Å². The van der Waals surface area contributed by atoms with Crippen LogP contribution < -0.4 is 5.32 Å². The topological polar surface area (TPSA) is 79.3 Å². The second-order valence-corrected chi connectivity index (χ2v) is 5.99. The first-order chi connectivity index (χ1) is 11.2. The van der Waals surface area contributed by atoms with Crippen molar-refractivity contribution < 1.29 is 27.9 Å². The molecule has 0 aliphatic heterocycles. The van der Waals surface area contributed by atoms with Gasteiger partial charge in [0.05, 0.1) is 5.92 Å². The zero-order valence-electron chi connectivity index (χ0n) is 12.4. The number of aliphatic carboxylic acids is 1. The molecule has 0 aliphatic rings. The van der Waals surface area contributed by atoms with Crippen LogP contribution in [0.3, 0.4) is 0 Å². The van der Waals surface area contributed by atoms with Crippen molar-refractivity contribution >= 4 is 28.9 Å². The first-order valence-corrected chi connectivity index (χ1v) is 7.70. The lowest BCUT2D eigenvalue weighted by molar-refractivity contribution is -0.141. The number of amides is 1. The Morgan fingerprint density at radius 2 is 1.92 bits per heavy atom. The maximum Gasteiger partial charge on any atom is 0.443 e. The number of benzene rings is 1. The van der Waals surface area contributed by atoms with E-state index in [0.29, 0.717) is 23.4 Å². The number of halogens is 3. The van der Waals surface area contributed by atoms with E-state index in [2.05, 4.69) is 10.3 Å². The maximum atomic E-state index is 12.5. The molecule has 0 spiro atoms. The van der Waals surface area contributed by atoms with E-state index in [4.69, 9.17) is 5.11 Å². The molecule has 1 amide bonds. The van der Waals surface area contributed by atoms with E-state index in [9.17, 15) is 22.8 Å². The summed E-state index contributed by atoms with van der Waals surface area (Å²) in [4.78, 5) is 26.0. The molecule has 1 aromatic carbocycles. The van der Waals surface area contributed by atoms with Gasteiger partial charge in [0.15, 0.2) is 5.01 Å². The highest BCUT2D eigenvalue weighted by atomic mass is 32.1. The predicted molar refractivity (Wildman–Crippen MR) is 82.0 cm³/mol. The van der Waals surface area contributed by atoms with Crippen LogP contribution in [0.2, 0.25) is 0 Å². The molecule has 0 saturated heterocycles. The van der Waals surface area contributed by atoms with Crippen LogP contribution in [0.4, 0.5) is 18.9 Å². The molecule has 0 bridgehead atoms. The first-order valence-electron chi connectivity index (χ1n) is 6.82.